The van der Waals surface area contributed by atoms with Gasteiger partial charge in [0.15, 0.2) is 5.96 Å². The van der Waals surface area contributed by atoms with E-state index < -0.39 is 0 Å². The average molecular weight is 561 g/mol. The van der Waals surface area contributed by atoms with Gasteiger partial charge in [0.05, 0.1) is 18.2 Å². The molecule has 3 rings (SSSR count). The zero-order chi connectivity index (χ0) is 22.2. The van der Waals surface area contributed by atoms with Crippen LogP contribution >= 0.6 is 24.0 Å². The Labute approximate surface area is 208 Å². The summed E-state index contributed by atoms with van der Waals surface area (Å²) in [7, 11) is 1.73. The number of likely N-dealkylation sites (tertiary alicyclic amines) is 1. The minimum absolute atomic E-state index is 0. The van der Waals surface area contributed by atoms with Crippen LogP contribution in [-0.2, 0) is 16.1 Å². The summed E-state index contributed by atoms with van der Waals surface area (Å²) in [6.07, 6.45) is 1.75. The van der Waals surface area contributed by atoms with Crippen LogP contribution in [-0.4, -0.2) is 81.2 Å². The highest BCUT2D eigenvalue weighted by atomic mass is 127. The van der Waals surface area contributed by atoms with E-state index in [9.17, 15) is 9.18 Å². The zero-order valence-corrected chi connectivity index (χ0v) is 21.8. The number of halogens is 2. The summed E-state index contributed by atoms with van der Waals surface area (Å²) in [6, 6.07) is 5.47. The highest BCUT2D eigenvalue weighted by molar-refractivity contribution is 14.0. The molecule has 0 amide bonds. The van der Waals surface area contributed by atoms with Crippen LogP contribution in [0.25, 0.3) is 0 Å². The number of ether oxygens (including phenoxy) is 1. The summed E-state index contributed by atoms with van der Waals surface area (Å²) in [6.45, 7) is 11.0. The lowest BCUT2D eigenvalue weighted by Gasteiger charge is -2.35. The molecule has 0 bridgehead atoms. The normalized spacial score (nSPS) is 20.0. The number of piperidine rings is 1. The van der Waals surface area contributed by atoms with Crippen LogP contribution in [0.4, 0.5) is 10.1 Å². The molecular formula is C23H37FIN5O2. The van der Waals surface area contributed by atoms with E-state index in [0.717, 1.165) is 63.6 Å². The Hall–Kier alpha value is -1.62. The molecule has 0 radical (unpaired) electrons. The van der Waals surface area contributed by atoms with Crippen LogP contribution in [0.15, 0.2) is 23.2 Å². The van der Waals surface area contributed by atoms with Crippen molar-refractivity contribution < 1.29 is 13.9 Å². The molecular weight excluding hydrogens is 524 g/mol. The molecule has 9 heteroatoms. The highest BCUT2D eigenvalue weighted by Gasteiger charge is 2.28. The smallest absolute Gasteiger partial charge is 0.310 e. The quantitative estimate of drug-likeness (QED) is 0.250. The van der Waals surface area contributed by atoms with Crippen LogP contribution in [0.5, 0.6) is 0 Å². The number of hydrogen-bond donors (Lipinski definition) is 1. The van der Waals surface area contributed by atoms with E-state index in [0.29, 0.717) is 25.4 Å². The Morgan fingerprint density at radius 3 is 2.59 bits per heavy atom. The number of rotatable bonds is 6. The van der Waals surface area contributed by atoms with Gasteiger partial charge in [-0.3, -0.25) is 9.79 Å². The number of aliphatic imine (C=N–C) groups is 1. The first kappa shape index (κ1) is 26.6. The van der Waals surface area contributed by atoms with Crippen molar-refractivity contribution in [3.8, 4) is 0 Å². The lowest BCUT2D eigenvalue weighted by molar-refractivity contribution is -0.149. The van der Waals surface area contributed by atoms with Crippen LogP contribution in [0.2, 0.25) is 0 Å². The van der Waals surface area contributed by atoms with Gasteiger partial charge in [-0.05, 0) is 44.0 Å². The van der Waals surface area contributed by atoms with E-state index >= 15 is 0 Å². The molecule has 0 saturated carbocycles. The molecule has 0 aromatic heterocycles. The van der Waals surface area contributed by atoms with E-state index in [-0.39, 0.29) is 41.7 Å². The lowest BCUT2D eigenvalue weighted by Crippen LogP contribution is -2.48. The molecule has 0 spiro atoms. The molecule has 1 aromatic carbocycles. The molecule has 2 aliphatic heterocycles. The van der Waals surface area contributed by atoms with Gasteiger partial charge in [0.1, 0.15) is 5.82 Å². The number of nitrogens with one attached hydrogen (secondary N) is 1. The SMILES string of the molecule is CCOC(=O)C1CCCN(C(=NC)NCc2ccc(N3CCN(CC)CC3)c(F)c2)C1.I. The Kier molecular flexibility index (Phi) is 11.0. The molecule has 1 unspecified atom stereocenters. The first-order chi connectivity index (χ1) is 15.0. The van der Waals surface area contributed by atoms with Crippen LogP contribution in [0.1, 0.15) is 32.3 Å². The van der Waals surface area contributed by atoms with Gasteiger partial charge in [0.2, 0.25) is 0 Å². The van der Waals surface area contributed by atoms with E-state index in [2.05, 4.69) is 31.9 Å². The summed E-state index contributed by atoms with van der Waals surface area (Å²) in [5.74, 6) is 0.283. The van der Waals surface area contributed by atoms with Gasteiger partial charge in [-0.1, -0.05) is 13.0 Å². The van der Waals surface area contributed by atoms with Crippen molar-refractivity contribution in [2.45, 2.75) is 33.2 Å². The minimum Gasteiger partial charge on any atom is -0.466 e. The second-order valence-electron chi connectivity index (χ2n) is 8.15. The number of carbonyl (C=O) groups excluding carboxylic acids is 1. The third-order valence-electron chi connectivity index (χ3n) is 6.18. The number of nitrogens with zero attached hydrogens (tertiary/aromatic N) is 4. The largest absolute Gasteiger partial charge is 0.466 e. The molecule has 1 N–H and O–H groups in total. The Morgan fingerprint density at radius 1 is 1.22 bits per heavy atom. The van der Waals surface area contributed by atoms with Crippen molar-refractivity contribution in [3.63, 3.8) is 0 Å². The number of esters is 1. The Bertz CT molecular complexity index is 771. The molecule has 2 fully saturated rings. The topological polar surface area (TPSA) is 60.4 Å². The molecule has 1 aromatic rings. The minimum atomic E-state index is -0.181. The van der Waals surface area contributed by atoms with Gasteiger partial charge in [-0.15, -0.1) is 24.0 Å². The van der Waals surface area contributed by atoms with Gasteiger partial charge in [-0.25, -0.2) is 4.39 Å². The number of benzene rings is 1. The fraction of sp³-hybridized carbons (Fsp3) is 0.652. The maximum atomic E-state index is 14.8. The van der Waals surface area contributed by atoms with E-state index in [1.54, 1.807) is 13.1 Å². The number of carbonyl (C=O) groups is 1. The van der Waals surface area contributed by atoms with E-state index in [4.69, 9.17) is 4.74 Å². The summed E-state index contributed by atoms with van der Waals surface area (Å²) < 4.78 is 20.0. The fourth-order valence-corrected chi connectivity index (χ4v) is 4.36. The monoisotopic (exact) mass is 561 g/mol. The van der Waals surface area contributed by atoms with Crippen molar-refractivity contribution in [2.75, 3.05) is 64.4 Å². The molecule has 0 aliphatic carbocycles. The molecule has 180 valence electrons. The van der Waals surface area contributed by atoms with E-state index in [1.807, 2.05) is 19.1 Å². The molecule has 2 aliphatic rings. The number of likely N-dealkylation sites (N-methyl/N-ethyl adjacent to an activating group) is 1. The third kappa shape index (κ3) is 6.94. The molecule has 32 heavy (non-hydrogen) atoms. The number of piperazine rings is 1. The first-order valence-corrected chi connectivity index (χ1v) is 11.4. The van der Waals surface area contributed by atoms with Gasteiger partial charge < -0.3 is 24.8 Å². The second-order valence-corrected chi connectivity index (χ2v) is 8.15. The van der Waals surface area contributed by atoms with Gasteiger partial charge in [-0.2, -0.15) is 0 Å². The number of anilines is 1. The highest BCUT2D eigenvalue weighted by Crippen LogP contribution is 2.22. The maximum absolute atomic E-state index is 14.8. The van der Waals surface area contributed by atoms with Crippen molar-refractivity contribution >= 4 is 41.6 Å². The Balaban J connectivity index is 0.00000363. The average Bonchev–Trinajstić information content (AvgIpc) is 2.80. The fourth-order valence-electron chi connectivity index (χ4n) is 4.36. The predicted molar refractivity (Wildman–Crippen MR) is 137 cm³/mol. The predicted octanol–water partition coefficient (Wildman–Crippen LogP) is 2.94. The summed E-state index contributed by atoms with van der Waals surface area (Å²) in [4.78, 5) is 23.1. The molecule has 1 atom stereocenters. The van der Waals surface area contributed by atoms with E-state index in [1.165, 1.54) is 0 Å². The summed E-state index contributed by atoms with van der Waals surface area (Å²) in [5, 5.41) is 3.32. The van der Waals surface area contributed by atoms with Crippen molar-refractivity contribution in [3.05, 3.63) is 29.6 Å². The molecule has 7 nitrogen and oxygen atoms in total. The van der Waals surface area contributed by atoms with Crippen molar-refractivity contribution in [2.24, 2.45) is 10.9 Å². The number of guanidine groups is 1. The summed E-state index contributed by atoms with van der Waals surface area (Å²) in [5.41, 5.74) is 1.55. The maximum Gasteiger partial charge on any atom is 0.310 e. The van der Waals surface area contributed by atoms with Gasteiger partial charge >= 0.3 is 5.97 Å². The third-order valence-corrected chi connectivity index (χ3v) is 6.18. The Morgan fingerprint density at radius 2 is 1.97 bits per heavy atom. The van der Waals surface area contributed by atoms with Crippen LogP contribution in [0.3, 0.4) is 0 Å². The summed E-state index contributed by atoms with van der Waals surface area (Å²) >= 11 is 0. The van der Waals surface area contributed by atoms with Gasteiger partial charge in [0, 0.05) is 52.9 Å². The number of hydrogen-bond acceptors (Lipinski definition) is 5. The zero-order valence-electron chi connectivity index (χ0n) is 19.5. The second kappa shape index (κ2) is 13.2. The van der Waals surface area contributed by atoms with Crippen molar-refractivity contribution in [1.29, 1.82) is 0 Å². The van der Waals surface area contributed by atoms with Crippen LogP contribution < -0.4 is 10.2 Å². The molecule has 2 heterocycles. The van der Waals surface area contributed by atoms with Crippen molar-refractivity contribution in [1.82, 2.24) is 15.1 Å². The van der Waals surface area contributed by atoms with Gasteiger partial charge in [0.25, 0.3) is 0 Å². The standard InChI is InChI=1S/C23H36FN5O2.HI/c1-4-27-11-13-28(14-12-27)21-9-8-18(15-20(21)24)16-26-23(25-3)29-10-6-7-19(17-29)22(30)31-5-2;/h8-9,15,19H,4-7,10-14,16-17H2,1-3H3,(H,25,26);1H. The lowest BCUT2D eigenvalue weighted by atomic mass is 9.98. The first-order valence-electron chi connectivity index (χ1n) is 11.4. The van der Waals surface area contributed by atoms with Crippen LogP contribution in [0, 0.1) is 11.7 Å². The molecule has 2 saturated heterocycles.